The molecule has 2 atom stereocenters. The maximum atomic E-state index is 6.26. The third kappa shape index (κ3) is 3.08. The minimum Gasteiger partial charge on any atom is -0.366 e. The van der Waals surface area contributed by atoms with Crippen molar-refractivity contribution in [2.45, 2.75) is 37.1 Å². The molecule has 2 rings (SSSR count). The van der Waals surface area contributed by atoms with Crippen LogP contribution in [-0.2, 0) is 0 Å². The largest absolute Gasteiger partial charge is 0.366 e. The molecule has 0 spiro atoms. The summed E-state index contributed by atoms with van der Waals surface area (Å²) >= 11 is 9.63. The van der Waals surface area contributed by atoms with Crippen molar-refractivity contribution in [1.82, 2.24) is 4.98 Å². The second-order valence-electron chi connectivity index (χ2n) is 3.91. The Morgan fingerprint density at radius 2 is 2.13 bits per heavy atom. The molecule has 1 N–H and O–H groups in total. The fourth-order valence-corrected chi connectivity index (χ4v) is 2.48. The van der Waals surface area contributed by atoms with Gasteiger partial charge in [0.05, 0.1) is 5.38 Å². The zero-order valence-corrected chi connectivity index (χ0v) is 10.8. The highest BCUT2D eigenvalue weighted by Crippen LogP contribution is 2.25. The van der Waals surface area contributed by atoms with E-state index in [1.807, 2.05) is 12.1 Å². The Morgan fingerprint density at radius 1 is 1.33 bits per heavy atom. The topological polar surface area (TPSA) is 24.9 Å². The number of anilines is 1. The Balaban J connectivity index is 1.98. The minimum absolute atomic E-state index is 0.240. The average Bonchev–Trinajstić information content (AvgIpc) is 2.25. The van der Waals surface area contributed by atoms with E-state index in [1.54, 1.807) is 6.20 Å². The average molecular weight is 290 g/mol. The molecule has 15 heavy (non-hydrogen) atoms. The number of halogens is 2. The molecule has 0 saturated heterocycles. The summed E-state index contributed by atoms with van der Waals surface area (Å²) in [4.78, 5) is 4.29. The van der Waals surface area contributed by atoms with Gasteiger partial charge in [0.15, 0.2) is 0 Å². The maximum absolute atomic E-state index is 6.26. The predicted molar refractivity (Wildman–Crippen MR) is 67.5 cm³/mol. The molecule has 0 amide bonds. The predicted octanol–water partition coefficient (Wildman–Crippen LogP) is 3.81. The normalized spacial score (nSPS) is 26.3. The quantitative estimate of drug-likeness (QED) is 0.838. The van der Waals surface area contributed by atoms with Crippen LogP contribution in [0.2, 0.25) is 0 Å². The molecule has 2 nitrogen and oxygen atoms in total. The van der Waals surface area contributed by atoms with E-state index in [9.17, 15) is 0 Å². The van der Waals surface area contributed by atoms with Gasteiger partial charge in [-0.15, -0.1) is 11.6 Å². The van der Waals surface area contributed by atoms with Gasteiger partial charge in [-0.2, -0.15) is 0 Å². The summed E-state index contributed by atoms with van der Waals surface area (Å²) in [5.74, 6) is 0.913. The molecule has 0 radical (unpaired) electrons. The van der Waals surface area contributed by atoms with Crippen LogP contribution in [0.25, 0.3) is 0 Å². The van der Waals surface area contributed by atoms with Crippen LogP contribution in [0.3, 0.4) is 0 Å². The number of rotatable bonds is 2. The van der Waals surface area contributed by atoms with E-state index in [1.165, 1.54) is 12.8 Å². The third-order valence-electron chi connectivity index (χ3n) is 2.74. The van der Waals surface area contributed by atoms with Gasteiger partial charge in [0.25, 0.3) is 0 Å². The van der Waals surface area contributed by atoms with Gasteiger partial charge in [0.2, 0.25) is 0 Å². The smallest absolute Gasteiger partial charge is 0.126 e. The van der Waals surface area contributed by atoms with Crippen molar-refractivity contribution in [2.24, 2.45) is 0 Å². The van der Waals surface area contributed by atoms with E-state index in [2.05, 4.69) is 26.2 Å². The fourth-order valence-electron chi connectivity index (χ4n) is 1.90. The first-order chi connectivity index (χ1) is 7.25. The second-order valence-corrected chi connectivity index (χ2v) is 5.39. The Labute approximate surface area is 104 Å². The standard InChI is InChI=1S/C11H14BrClN2/c12-8-5-6-11(14-7-8)15-10-4-2-1-3-9(10)13/h5-7,9-10H,1-4H2,(H,14,15). The van der Waals surface area contributed by atoms with Crippen LogP contribution in [0.1, 0.15) is 25.7 Å². The lowest BCUT2D eigenvalue weighted by Gasteiger charge is -2.28. The lowest BCUT2D eigenvalue weighted by Crippen LogP contribution is -2.33. The number of nitrogens with zero attached hydrogens (tertiary/aromatic N) is 1. The summed E-state index contributed by atoms with van der Waals surface area (Å²) < 4.78 is 0.999. The van der Waals surface area contributed by atoms with Crippen LogP contribution in [0.15, 0.2) is 22.8 Å². The highest BCUT2D eigenvalue weighted by atomic mass is 79.9. The Bertz CT molecular complexity index is 315. The first-order valence-electron chi connectivity index (χ1n) is 5.28. The Hall–Kier alpha value is -0.280. The molecule has 0 aromatic carbocycles. The van der Waals surface area contributed by atoms with Crippen LogP contribution in [0, 0.1) is 0 Å². The number of alkyl halides is 1. The molecule has 1 aromatic heterocycles. The molecule has 1 heterocycles. The Kier molecular flexibility index (Phi) is 3.87. The highest BCUT2D eigenvalue weighted by Gasteiger charge is 2.22. The van der Waals surface area contributed by atoms with Crippen molar-refractivity contribution >= 4 is 33.3 Å². The molecule has 0 bridgehead atoms. The zero-order valence-electron chi connectivity index (χ0n) is 8.42. The van der Waals surface area contributed by atoms with Gasteiger partial charge in [-0.3, -0.25) is 0 Å². The summed E-state index contributed by atoms with van der Waals surface area (Å²) in [5, 5.41) is 3.63. The van der Waals surface area contributed by atoms with Gasteiger partial charge in [-0.05, 0) is 40.9 Å². The van der Waals surface area contributed by atoms with Crippen molar-refractivity contribution in [3.8, 4) is 0 Å². The monoisotopic (exact) mass is 288 g/mol. The summed E-state index contributed by atoms with van der Waals surface area (Å²) in [6.45, 7) is 0. The number of aromatic nitrogens is 1. The summed E-state index contributed by atoms with van der Waals surface area (Å²) in [6.07, 6.45) is 6.56. The second kappa shape index (κ2) is 5.17. The molecule has 1 fully saturated rings. The van der Waals surface area contributed by atoms with Crippen LogP contribution in [0.4, 0.5) is 5.82 Å². The summed E-state index contributed by atoms with van der Waals surface area (Å²) in [5.41, 5.74) is 0. The van der Waals surface area contributed by atoms with Crippen molar-refractivity contribution in [3.05, 3.63) is 22.8 Å². The Morgan fingerprint density at radius 3 is 2.80 bits per heavy atom. The maximum Gasteiger partial charge on any atom is 0.126 e. The molecule has 0 aliphatic heterocycles. The first-order valence-corrected chi connectivity index (χ1v) is 6.51. The van der Waals surface area contributed by atoms with Crippen molar-refractivity contribution in [3.63, 3.8) is 0 Å². The van der Waals surface area contributed by atoms with E-state index in [0.717, 1.165) is 23.1 Å². The first kappa shape index (κ1) is 11.2. The van der Waals surface area contributed by atoms with Crippen molar-refractivity contribution in [2.75, 3.05) is 5.32 Å². The highest BCUT2D eigenvalue weighted by molar-refractivity contribution is 9.10. The number of hydrogen-bond acceptors (Lipinski definition) is 2. The molecule has 82 valence electrons. The summed E-state index contributed by atoms with van der Waals surface area (Å²) in [7, 11) is 0. The fraction of sp³-hybridized carbons (Fsp3) is 0.545. The van der Waals surface area contributed by atoms with E-state index in [4.69, 9.17) is 11.6 Å². The van der Waals surface area contributed by atoms with E-state index in [-0.39, 0.29) is 5.38 Å². The molecule has 1 saturated carbocycles. The number of nitrogens with one attached hydrogen (secondary N) is 1. The number of hydrogen-bond donors (Lipinski definition) is 1. The lowest BCUT2D eigenvalue weighted by atomic mass is 9.95. The van der Waals surface area contributed by atoms with E-state index in [0.29, 0.717) is 6.04 Å². The molecule has 1 aliphatic carbocycles. The number of pyridine rings is 1. The van der Waals surface area contributed by atoms with Gasteiger partial charge in [-0.1, -0.05) is 12.8 Å². The van der Waals surface area contributed by atoms with Crippen molar-refractivity contribution < 1.29 is 0 Å². The van der Waals surface area contributed by atoms with Gasteiger partial charge in [0.1, 0.15) is 5.82 Å². The molecule has 4 heteroatoms. The third-order valence-corrected chi connectivity index (χ3v) is 3.73. The molecular weight excluding hydrogens is 275 g/mol. The van der Waals surface area contributed by atoms with Crippen LogP contribution in [0.5, 0.6) is 0 Å². The van der Waals surface area contributed by atoms with Gasteiger partial charge in [0, 0.05) is 16.7 Å². The van der Waals surface area contributed by atoms with Crippen LogP contribution < -0.4 is 5.32 Å². The van der Waals surface area contributed by atoms with E-state index < -0.39 is 0 Å². The minimum atomic E-state index is 0.240. The van der Waals surface area contributed by atoms with E-state index >= 15 is 0 Å². The van der Waals surface area contributed by atoms with Gasteiger partial charge >= 0.3 is 0 Å². The zero-order chi connectivity index (χ0) is 10.7. The van der Waals surface area contributed by atoms with Gasteiger partial charge < -0.3 is 5.32 Å². The molecule has 1 aromatic rings. The van der Waals surface area contributed by atoms with Crippen LogP contribution >= 0.6 is 27.5 Å². The van der Waals surface area contributed by atoms with Gasteiger partial charge in [-0.25, -0.2) is 4.98 Å². The SMILES string of the molecule is ClC1CCCCC1Nc1ccc(Br)cn1. The lowest BCUT2D eigenvalue weighted by molar-refractivity contribution is 0.468. The van der Waals surface area contributed by atoms with Crippen LogP contribution in [-0.4, -0.2) is 16.4 Å². The molecular formula is C11H14BrClN2. The molecule has 1 aliphatic rings. The summed E-state index contributed by atoms with van der Waals surface area (Å²) in [6, 6.07) is 4.33. The van der Waals surface area contributed by atoms with Crippen molar-refractivity contribution in [1.29, 1.82) is 0 Å². The molecule has 2 unspecified atom stereocenters.